The zero-order valence-corrected chi connectivity index (χ0v) is 16.7. The number of nitrogens with zero attached hydrogens (tertiary/aromatic N) is 2. The maximum atomic E-state index is 5.55. The normalized spacial score (nSPS) is 19.4. The summed E-state index contributed by atoms with van der Waals surface area (Å²) in [5, 5.41) is 6.85. The SMILES string of the molecule is CCNC(=NCC(c1ccc(OC)c(OC)c1)N1CCOCC1)NC1CC1. The van der Waals surface area contributed by atoms with Gasteiger partial charge in [-0.05, 0) is 37.5 Å². The van der Waals surface area contributed by atoms with E-state index in [9.17, 15) is 0 Å². The molecule has 1 heterocycles. The molecule has 1 atom stereocenters. The Labute approximate surface area is 162 Å². The van der Waals surface area contributed by atoms with E-state index in [0.717, 1.165) is 50.3 Å². The number of morpholine rings is 1. The second-order valence-corrected chi connectivity index (χ2v) is 6.92. The summed E-state index contributed by atoms with van der Waals surface area (Å²) in [7, 11) is 3.33. The van der Waals surface area contributed by atoms with Crippen LogP contribution in [0.5, 0.6) is 11.5 Å². The highest BCUT2D eigenvalue weighted by Crippen LogP contribution is 2.32. The van der Waals surface area contributed by atoms with E-state index in [1.807, 2.05) is 6.07 Å². The van der Waals surface area contributed by atoms with E-state index < -0.39 is 0 Å². The number of aliphatic imine (C=N–C) groups is 1. The van der Waals surface area contributed by atoms with Crippen LogP contribution in [0.1, 0.15) is 31.4 Å². The minimum absolute atomic E-state index is 0.170. The smallest absolute Gasteiger partial charge is 0.191 e. The molecule has 1 aromatic rings. The summed E-state index contributed by atoms with van der Waals surface area (Å²) < 4.78 is 16.4. The second-order valence-electron chi connectivity index (χ2n) is 6.92. The van der Waals surface area contributed by atoms with Crippen molar-refractivity contribution in [3.8, 4) is 11.5 Å². The highest BCUT2D eigenvalue weighted by atomic mass is 16.5. The lowest BCUT2D eigenvalue weighted by Crippen LogP contribution is -2.42. The van der Waals surface area contributed by atoms with Gasteiger partial charge in [0.1, 0.15) is 0 Å². The lowest BCUT2D eigenvalue weighted by atomic mass is 10.0. The van der Waals surface area contributed by atoms with Crippen LogP contribution in [0.15, 0.2) is 23.2 Å². The third kappa shape index (κ3) is 5.49. The van der Waals surface area contributed by atoms with Gasteiger partial charge in [-0.2, -0.15) is 0 Å². The van der Waals surface area contributed by atoms with Crippen molar-refractivity contribution in [3.63, 3.8) is 0 Å². The van der Waals surface area contributed by atoms with Crippen molar-refractivity contribution < 1.29 is 14.2 Å². The zero-order valence-electron chi connectivity index (χ0n) is 16.7. The molecule has 3 rings (SSSR count). The molecule has 0 amide bonds. The summed E-state index contributed by atoms with van der Waals surface area (Å²) in [4.78, 5) is 7.32. The van der Waals surface area contributed by atoms with Crippen molar-refractivity contribution in [3.05, 3.63) is 23.8 Å². The van der Waals surface area contributed by atoms with Gasteiger partial charge in [0, 0.05) is 25.7 Å². The number of hydrogen-bond acceptors (Lipinski definition) is 5. The van der Waals surface area contributed by atoms with Gasteiger partial charge in [0.25, 0.3) is 0 Å². The molecule has 0 spiro atoms. The van der Waals surface area contributed by atoms with Gasteiger partial charge in [-0.1, -0.05) is 6.07 Å². The average molecular weight is 377 g/mol. The highest BCUT2D eigenvalue weighted by molar-refractivity contribution is 5.80. The van der Waals surface area contributed by atoms with Crippen LogP contribution in [0.3, 0.4) is 0 Å². The van der Waals surface area contributed by atoms with Gasteiger partial charge < -0.3 is 24.8 Å². The number of guanidine groups is 1. The van der Waals surface area contributed by atoms with Crippen LogP contribution in [0.2, 0.25) is 0 Å². The van der Waals surface area contributed by atoms with E-state index >= 15 is 0 Å². The van der Waals surface area contributed by atoms with Crippen molar-refractivity contribution in [1.82, 2.24) is 15.5 Å². The van der Waals surface area contributed by atoms with Crippen LogP contribution >= 0.6 is 0 Å². The van der Waals surface area contributed by atoms with Crippen LogP contribution in [-0.4, -0.2) is 70.5 Å². The van der Waals surface area contributed by atoms with E-state index in [1.54, 1.807) is 14.2 Å². The molecule has 1 aromatic carbocycles. The molecule has 1 saturated heterocycles. The Bertz CT molecular complexity index is 628. The predicted molar refractivity (Wildman–Crippen MR) is 107 cm³/mol. The van der Waals surface area contributed by atoms with Gasteiger partial charge in [0.2, 0.25) is 0 Å². The summed E-state index contributed by atoms with van der Waals surface area (Å²) in [6.45, 7) is 6.95. The zero-order chi connectivity index (χ0) is 19.1. The standard InChI is InChI=1S/C20H32N4O3/c1-4-21-20(23-16-6-7-16)22-14-17(24-9-11-27-12-10-24)15-5-8-18(25-2)19(13-15)26-3/h5,8,13,16-17H,4,6-7,9-12,14H2,1-3H3,(H2,21,22,23). The Kier molecular flexibility index (Phi) is 7.18. The molecular formula is C20H32N4O3. The largest absolute Gasteiger partial charge is 0.493 e. The van der Waals surface area contributed by atoms with Gasteiger partial charge >= 0.3 is 0 Å². The molecule has 0 radical (unpaired) electrons. The van der Waals surface area contributed by atoms with Crippen LogP contribution < -0.4 is 20.1 Å². The molecule has 7 nitrogen and oxygen atoms in total. The summed E-state index contributed by atoms with van der Waals surface area (Å²) in [5.41, 5.74) is 1.18. The molecule has 150 valence electrons. The fraction of sp³-hybridized carbons (Fsp3) is 0.650. The molecule has 1 aliphatic heterocycles. The first-order valence-electron chi connectivity index (χ1n) is 9.83. The van der Waals surface area contributed by atoms with E-state index in [0.29, 0.717) is 12.6 Å². The Hall–Kier alpha value is -1.99. The van der Waals surface area contributed by atoms with Gasteiger partial charge in [-0.15, -0.1) is 0 Å². The van der Waals surface area contributed by atoms with Crippen LogP contribution in [-0.2, 0) is 4.74 Å². The third-order valence-electron chi connectivity index (χ3n) is 4.96. The molecule has 0 aromatic heterocycles. The fourth-order valence-electron chi connectivity index (χ4n) is 3.30. The molecule has 1 saturated carbocycles. The molecule has 7 heteroatoms. The van der Waals surface area contributed by atoms with Gasteiger partial charge in [-0.3, -0.25) is 9.89 Å². The summed E-state index contributed by atoms with van der Waals surface area (Å²) in [6.07, 6.45) is 2.46. The molecule has 2 N–H and O–H groups in total. The van der Waals surface area contributed by atoms with E-state index in [4.69, 9.17) is 19.2 Å². The second kappa shape index (κ2) is 9.80. The first kappa shape index (κ1) is 19.8. The maximum absolute atomic E-state index is 5.55. The number of methoxy groups -OCH3 is 2. The Morgan fingerprint density at radius 1 is 1.22 bits per heavy atom. The highest BCUT2D eigenvalue weighted by Gasteiger charge is 2.25. The van der Waals surface area contributed by atoms with Gasteiger partial charge in [0.05, 0.1) is 40.0 Å². The number of hydrogen-bond donors (Lipinski definition) is 2. The average Bonchev–Trinajstić information content (AvgIpc) is 3.53. The minimum Gasteiger partial charge on any atom is -0.493 e. The van der Waals surface area contributed by atoms with Crippen molar-refractivity contribution in [1.29, 1.82) is 0 Å². The molecule has 27 heavy (non-hydrogen) atoms. The van der Waals surface area contributed by atoms with E-state index in [-0.39, 0.29) is 6.04 Å². The maximum Gasteiger partial charge on any atom is 0.191 e. The van der Waals surface area contributed by atoms with Crippen molar-refractivity contribution in [2.24, 2.45) is 4.99 Å². The van der Waals surface area contributed by atoms with E-state index in [2.05, 4.69) is 34.6 Å². The lowest BCUT2D eigenvalue weighted by molar-refractivity contribution is 0.0179. The Balaban J connectivity index is 1.81. The third-order valence-corrected chi connectivity index (χ3v) is 4.96. The van der Waals surface area contributed by atoms with Crippen LogP contribution in [0.25, 0.3) is 0 Å². The van der Waals surface area contributed by atoms with Gasteiger partial charge in [0.15, 0.2) is 17.5 Å². The molecular weight excluding hydrogens is 344 g/mol. The summed E-state index contributed by atoms with van der Waals surface area (Å²) in [6, 6.07) is 6.89. The Morgan fingerprint density at radius 2 is 1.96 bits per heavy atom. The first-order valence-corrected chi connectivity index (χ1v) is 9.83. The number of ether oxygens (including phenoxy) is 3. The van der Waals surface area contributed by atoms with Gasteiger partial charge in [-0.25, -0.2) is 0 Å². The molecule has 0 bridgehead atoms. The number of nitrogens with one attached hydrogen (secondary N) is 2. The summed E-state index contributed by atoms with van der Waals surface area (Å²) in [5.74, 6) is 2.40. The monoisotopic (exact) mass is 376 g/mol. The van der Waals surface area contributed by atoms with Crippen LogP contribution in [0, 0.1) is 0 Å². The topological polar surface area (TPSA) is 67.4 Å². The molecule has 1 unspecified atom stereocenters. The number of rotatable bonds is 8. The van der Waals surface area contributed by atoms with Crippen molar-refractivity contribution in [2.45, 2.75) is 31.8 Å². The number of benzene rings is 1. The first-order chi connectivity index (χ1) is 13.2. The minimum atomic E-state index is 0.170. The quantitative estimate of drug-likeness (QED) is 0.533. The summed E-state index contributed by atoms with van der Waals surface area (Å²) >= 11 is 0. The molecule has 2 fully saturated rings. The lowest BCUT2D eigenvalue weighted by Gasteiger charge is -2.34. The predicted octanol–water partition coefficient (Wildman–Crippen LogP) is 1.79. The molecule has 2 aliphatic rings. The van der Waals surface area contributed by atoms with Crippen LogP contribution in [0.4, 0.5) is 0 Å². The van der Waals surface area contributed by atoms with E-state index in [1.165, 1.54) is 18.4 Å². The van der Waals surface area contributed by atoms with Crippen molar-refractivity contribution in [2.75, 3.05) is 53.6 Å². The Morgan fingerprint density at radius 3 is 2.59 bits per heavy atom. The molecule has 1 aliphatic carbocycles. The van der Waals surface area contributed by atoms with Crippen molar-refractivity contribution >= 4 is 5.96 Å². The fourth-order valence-corrected chi connectivity index (χ4v) is 3.30.